The number of carbonyl (C=O) groups excluding carboxylic acids is 1. The molecule has 1 aromatic heterocycles. The van der Waals surface area contributed by atoms with Crippen molar-refractivity contribution in [3.8, 4) is 0 Å². The highest BCUT2D eigenvalue weighted by atomic mass is 16.2. The van der Waals surface area contributed by atoms with Gasteiger partial charge in [-0.15, -0.1) is 0 Å². The summed E-state index contributed by atoms with van der Waals surface area (Å²) in [7, 11) is 0. The third-order valence-electron chi connectivity index (χ3n) is 4.41. The molecule has 6 nitrogen and oxygen atoms in total. The largest absolute Gasteiger partial charge is 0.338 e. The lowest BCUT2D eigenvalue weighted by molar-refractivity contribution is -0.130. The molecule has 1 atom stereocenters. The van der Waals surface area contributed by atoms with Crippen molar-refractivity contribution in [3.05, 3.63) is 22.9 Å². The average molecular weight is 278 g/mol. The van der Waals surface area contributed by atoms with E-state index < -0.39 is 0 Å². The average Bonchev–Trinajstić information content (AvgIpc) is 3.05. The lowest BCUT2D eigenvalue weighted by Gasteiger charge is -2.37. The third kappa shape index (κ3) is 2.80. The van der Waals surface area contributed by atoms with Crippen molar-refractivity contribution in [2.45, 2.75) is 38.3 Å². The highest BCUT2D eigenvalue weighted by Crippen LogP contribution is 2.21. The van der Waals surface area contributed by atoms with Gasteiger partial charge in [-0.25, -0.2) is 4.79 Å². The Hall–Kier alpha value is -1.56. The lowest BCUT2D eigenvalue weighted by atomic mass is 10.0. The van der Waals surface area contributed by atoms with Crippen molar-refractivity contribution in [2.75, 3.05) is 26.2 Å². The van der Waals surface area contributed by atoms with Gasteiger partial charge in [0.15, 0.2) is 0 Å². The third-order valence-corrected chi connectivity index (χ3v) is 4.41. The van der Waals surface area contributed by atoms with Gasteiger partial charge in [-0.2, -0.15) is 0 Å². The molecule has 2 fully saturated rings. The van der Waals surface area contributed by atoms with Gasteiger partial charge < -0.3 is 9.88 Å². The zero-order chi connectivity index (χ0) is 13.9. The molecule has 3 rings (SSSR count). The van der Waals surface area contributed by atoms with Crippen LogP contribution >= 0.6 is 0 Å². The quantitative estimate of drug-likeness (QED) is 0.859. The Bertz CT molecular complexity index is 521. The number of hydrogen-bond acceptors (Lipinski definition) is 3. The summed E-state index contributed by atoms with van der Waals surface area (Å²) in [6.45, 7) is 4.52. The topological polar surface area (TPSA) is 61.3 Å². The van der Waals surface area contributed by atoms with E-state index in [-0.39, 0.29) is 5.69 Å². The summed E-state index contributed by atoms with van der Waals surface area (Å²) in [4.78, 5) is 30.4. The predicted octanol–water partition coefficient (Wildman–Crippen LogP) is 0.263. The van der Waals surface area contributed by atoms with Crippen LogP contribution in [0.3, 0.4) is 0 Å². The second-order valence-corrected chi connectivity index (χ2v) is 5.75. The molecular weight excluding hydrogens is 256 g/mol. The fourth-order valence-corrected chi connectivity index (χ4v) is 3.32. The first-order chi connectivity index (χ1) is 9.74. The summed E-state index contributed by atoms with van der Waals surface area (Å²) in [5.41, 5.74) is -0.0479. The van der Waals surface area contributed by atoms with Crippen molar-refractivity contribution in [1.29, 1.82) is 0 Å². The number of aromatic amines is 1. The van der Waals surface area contributed by atoms with Crippen LogP contribution in [0.25, 0.3) is 0 Å². The minimum absolute atomic E-state index is 0.0479. The number of nitrogens with one attached hydrogen (secondary N) is 1. The molecule has 0 aromatic carbocycles. The van der Waals surface area contributed by atoms with Crippen molar-refractivity contribution in [2.24, 2.45) is 0 Å². The number of carbonyl (C=O) groups is 1. The SMILES string of the molecule is O=C1CCCN1[C@H]1CCCN(CCn2cc[nH]c2=O)C1. The molecule has 20 heavy (non-hydrogen) atoms. The van der Waals surface area contributed by atoms with E-state index in [0.29, 0.717) is 18.5 Å². The molecule has 1 N–H and O–H groups in total. The Morgan fingerprint density at radius 1 is 1.20 bits per heavy atom. The van der Waals surface area contributed by atoms with Crippen LogP contribution in [0, 0.1) is 0 Å². The maximum atomic E-state index is 11.8. The van der Waals surface area contributed by atoms with E-state index in [1.54, 1.807) is 17.0 Å². The van der Waals surface area contributed by atoms with Crippen LogP contribution in [0.15, 0.2) is 17.2 Å². The number of imidazole rings is 1. The highest BCUT2D eigenvalue weighted by molar-refractivity contribution is 5.78. The van der Waals surface area contributed by atoms with Gasteiger partial charge >= 0.3 is 5.69 Å². The van der Waals surface area contributed by atoms with Crippen LogP contribution in [0.5, 0.6) is 0 Å². The molecule has 3 heterocycles. The Morgan fingerprint density at radius 2 is 2.10 bits per heavy atom. The van der Waals surface area contributed by atoms with Gasteiger partial charge in [-0.1, -0.05) is 0 Å². The normalized spacial score (nSPS) is 24.5. The maximum absolute atomic E-state index is 11.8. The van der Waals surface area contributed by atoms with E-state index in [1.165, 1.54) is 0 Å². The van der Waals surface area contributed by atoms with Crippen molar-refractivity contribution in [3.63, 3.8) is 0 Å². The first-order valence-electron chi connectivity index (χ1n) is 7.50. The number of amides is 1. The van der Waals surface area contributed by atoms with Crippen molar-refractivity contribution < 1.29 is 4.79 Å². The molecule has 6 heteroatoms. The Balaban J connectivity index is 1.54. The van der Waals surface area contributed by atoms with Gasteiger partial charge in [0.25, 0.3) is 0 Å². The van der Waals surface area contributed by atoms with Gasteiger partial charge in [-0.3, -0.25) is 14.3 Å². The summed E-state index contributed by atoms with van der Waals surface area (Å²) in [5.74, 6) is 0.318. The van der Waals surface area contributed by atoms with Gasteiger partial charge in [0.1, 0.15) is 0 Å². The molecule has 0 radical (unpaired) electrons. The van der Waals surface area contributed by atoms with Crippen LogP contribution in [0.1, 0.15) is 25.7 Å². The van der Waals surface area contributed by atoms with Crippen molar-refractivity contribution in [1.82, 2.24) is 19.4 Å². The number of nitrogens with zero attached hydrogens (tertiary/aromatic N) is 3. The summed E-state index contributed by atoms with van der Waals surface area (Å²) >= 11 is 0. The second kappa shape index (κ2) is 5.83. The molecule has 0 unspecified atom stereocenters. The minimum atomic E-state index is -0.0479. The van der Waals surface area contributed by atoms with Crippen LogP contribution in [0.4, 0.5) is 0 Å². The highest BCUT2D eigenvalue weighted by Gasteiger charge is 2.31. The summed E-state index contributed by atoms with van der Waals surface area (Å²) in [6.07, 6.45) is 7.43. The number of hydrogen-bond donors (Lipinski definition) is 1. The Labute approximate surface area is 118 Å². The molecule has 1 amide bonds. The second-order valence-electron chi connectivity index (χ2n) is 5.75. The fourth-order valence-electron chi connectivity index (χ4n) is 3.32. The first-order valence-corrected chi connectivity index (χ1v) is 7.50. The molecule has 0 saturated carbocycles. The van der Waals surface area contributed by atoms with Crippen LogP contribution < -0.4 is 5.69 Å². The van der Waals surface area contributed by atoms with Gasteiger partial charge in [-0.05, 0) is 25.8 Å². The van der Waals surface area contributed by atoms with Crippen LogP contribution in [-0.2, 0) is 11.3 Å². The fraction of sp³-hybridized carbons (Fsp3) is 0.714. The summed E-state index contributed by atoms with van der Waals surface area (Å²) in [5, 5.41) is 0. The Morgan fingerprint density at radius 3 is 2.80 bits per heavy atom. The predicted molar refractivity (Wildman–Crippen MR) is 75.5 cm³/mol. The molecule has 110 valence electrons. The van der Waals surface area contributed by atoms with Crippen LogP contribution in [-0.4, -0.2) is 57.5 Å². The van der Waals surface area contributed by atoms with E-state index in [9.17, 15) is 9.59 Å². The summed E-state index contributed by atoms with van der Waals surface area (Å²) < 4.78 is 1.70. The van der Waals surface area contributed by atoms with Gasteiger partial charge in [0.2, 0.25) is 5.91 Å². The smallest absolute Gasteiger partial charge is 0.325 e. The Kier molecular flexibility index (Phi) is 3.91. The lowest BCUT2D eigenvalue weighted by Crippen LogP contribution is -2.49. The molecular formula is C14H22N4O2. The minimum Gasteiger partial charge on any atom is -0.338 e. The standard InChI is InChI=1S/C14H22N4O2/c19-13-4-2-7-18(13)12-3-1-6-16(11-12)9-10-17-8-5-15-14(17)20/h5,8,12H,1-4,6-7,9-11H2,(H,15,20)/t12-/m0/s1. The molecule has 0 bridgehead atoms. The van der Waals surface area contributed by atoms with E-state index in [0.717, 1.165) is 51.9 Å². The zero-order valence-corrected chi connectivity index (χ0v) is 11.8. The number of H-pyrrole nitrogens is 1. The van der Waals surface area contributed by atoms with E-state index in [2.05, 4.69) is 14.8 Å². The molecule has 2 saturated heterocycles. The first kappa shape index (κ1) is 13.4. The molecule has 0 aliphatic carbocycles. The van der Waals surface area contributed by atoms with Crippen LogP contribution in [0.2, 0.25) is 0 Å². The summed E-state index contributed by atoms with van der Waals surface area (Å²) in [6, 6.07) is 0.377. The monoisotopic (exact) mass is 278 g/mol. The zero-order valence-electron chi connectivity index (χ0n) is 11.8. The van der Waals surface area contributed by atoms with Crippen molar-refractivity contribution >= 4 is 5.91 Å². The van der Waals surface area contributed by atoms with E-state index in [1.807, 2.05) is 0 Å². The van der Waals surface area contributed by atoms with Gasteiger partial charge in [0, 0.05) is 51.0 Å². The van der Waals surface area contributed by atoms with E-state index >= 15 is 0 Å². The molecule has 2 aliphatic heterocycles. The molecule has 1 aromatic rings. The number of rotatable bonds is 4. The number of piperidine rings is 1. The number of likely N-dealkylation sites (tertiary alicyclic amines) is 2. The number of aromatic nitrogens is 2. The molecule has 0 spiro atoms. The maximum Gasteiger partial charge on any atom is 0.325 e. The van der Waals surface area contributed by atoms with Gasteiger partial charge in [0.05, 0.1) is 0 Å². The molecule has 2 aliphatic rings. The van der Waals surface area contributed by atoms with E-state index in [4.69, 9.17) is 0 Å².